The molecule has 3 aromatic heterocycles. The lowest BCUT2D eigenvalue weighted by atomic mass is 10.1. The van der Waals surface area contributed by atoms with Crippen LogP contribution in [0.15, 0.2) is 41.7 Å². The molecule has 0 saturated heterocycles. The Kier molecular flexibility index (Phi) is 4.85. The summed E-state index contributed by atoms with van der Waals surface area (Å²) >= 11 is 0. The van der Waals surface area contributed by atoms with Crippen LogP contribution in [-0.4, -0.2) is 36.8 Å². The Labute approximate surface area is 151 Å². The third kappa shape index (κ3) is 3.97. The standard InChI is InChI=1S/C18H22N6O2/c1-18(2,3)23-16-15-12(4-7-24(8-9-25)17(15)26)10-13(22-16)21-14-11-19-5-6-20-14/h4-7,10-11,25H,8-9H2,1-3H3,(H2,20,21,22,23). The minimum absolute atomic E-state index is 0.104. The molecule has 8 heteroatoms. The van der Waals surface area contributed by atoms with E-state index in [2.05, 4.69) is 25.6 Å². The molecule has 0 fully saturated rings. The largest absolute Gasteiger partial charge is 0.395 e. The van der Waals surface area contributed by atoms with Gasteiger partial charge in [-0.1, -0.05) is 0 Å². The fourth-order valence-corrected chi connectivity index (χ4v) is 2.59. The fraction of sp³-hybridized carbons (Fsp3) is 0.333. The molecule has 0 aromatic carbocycles. The number of anilines is 3. The first-order valence-electron chi connectivity index (χ1n) is 8.34. The average Bonchev–Trinajstić information content (AvgIpc) is 2.57. The van der Waals surface area contributed by atoms with E-state index in [9.17, 15) is 4.79 Å². The van der Waals surface area contributed by atoms with Crippen molar-refractivity contribution in [2.24, 2.45) is 0 Å². The highest BCUT2D eigenvalue weighted by molar-refractivity contribution is 5.93. The van der Waals surface area contributed by atoms with Gasteiger partial charge in [0.05, 0.1) is 18.2 Å². The van der Waals surface area contributed by atoms with Crippen LogP contribution in [0.5, 0.6) is 0 Å². The Hall–Kier alpha value is -3.00. The van der Waals surface area contributed by atoms with E-state index in [1.807, 2.05) is 26.8 Å². The summed E-state index contributed by atoms with van der Waals surface area (Å²) in [5, 5.41) is 16.8. The van der Waals surface area contributed by atoms with Crippen molar-refractivity contribution in [1.82, 2.24) is 19.5 Å². The molecule has 3 heterocycles. The van der Waals surface area contributed by atoms with Crippen molar-refractivity contribution in [3.63, 3.8) is 0 Å². The van der Waals surface area contributed by atoms with Gasteiger partial charge in [0.25, 0.3) is 5.56 Å². The molecule has 136 valence electrons. The van der Waals surface area contributed by atoms with Crippen LogP contribution in [0.1, 0.15) is 20.8 Å². The van der Waals surface area contributed by atoms with E-state index < -0.39 is 0 Å². The predicted molar refractivity (Wildman–Crippen MR) is 102 cm³/mol. The zero-order valence-electron chi connectivity index (χ0n) is 15.0. The summed E-state index contributed by atoms with van der Waals surface area (Å²) in [5.41, 5.74) is -0.475. The zero-order valence-corrected chi connectivity index (χ0v) is 15.0. The second kappa shape index (κ2) is 7.09. The number of hydrogen-bond acceptors (Lipinski definition) is 7. The second-order valence-corrected chi connectivity index (χ2v) is 6.95. The quantitative estimate of drug-likeness (QED) is 0.644. The average molecular weight is 354 g/mol. The van der Waals surface area contributed by atoms with E-state index in [0.717, 1.165) is 5.39 Å². The molecule has 26 heavy (non-hydrogen) atoms. The van der Waals surface area contributed by atoms with Gasteiger partial charge in [-0.15, -0.1) is 0 Å². The molecule has 0 atom stereocenters. The maximum atomic E-state index is 12.8. The topological polar surface area (TPSA) is 105 Å². The minimum Gasteiger partial charge on any atom is -0.395 e. The Morgan fingerprint density at radius 2 is 2.04 bits per heavy atom. The molecule has 0 bridgehead atoms. The van der Waals surface area contributed by atoms with Crippen molar-refractivity contribution in [3.8, 4) is 0 Å². The highest BCUT2D eigenvalue weighted by Crippen LogP contribution is 2.25. The van der Waals surface area contributed by atoms with Crippen molar-refractivity contribution >= 4 is 28.2 Å². The van der Waals surface area contributed by atoms with Crippen LogP contribution in [-0.2, 0) is 6.54 Å². The molecule has 0 aliphatic rings. The molecule has 3 aromatic rings. The maximum Gasteiger partial charge on any atom is 0.262 e. The van der Waals surface area contributed by atoms with Crippen molar-refractivity contribution in [2.45, 2.75) is 32.9 Å². The summed E-state index contributed by atoms with van der Waals surface area (Å²) in [4.78, 5) is 25.6. The molecule has 0 aliphatic heterocycles. The number of hydrogen-bond donors (Lipinski definition) is 3. The summed E-state index contributed by atoms with van der Waals surface area (Å²) in [6.45, 7) is 6.13. The Morgan fingerprint density at radius 3 is 2.69 bits per heavy atom. The predicted octanol–water partition coefficient (Wildman–Crippen LogP) is 2.13. The van der Waals surface area contributed by atoms with Gasteiger partial charge in [-0.3, -0.25) is 9.78 Å². The number of aliphatic hydroxyl groups is 1. The summed E-state index contributed by atoms with van der Waals surface area (Å²) in [6.07, 6.45) is 6.45. The molecule has 0 spiro atoms. The van der Waals surface area contributed by atoms with Gasteiger partial charge in [0, 0.05) is 30.7 Å². The molecule has 0 aliphatic carbocycles. The number of aliphatic hydroxyl groups excluding tert-OH is 1. The molecule has 0 amide bonds. The molecular weight excluding hydrogens is 332 g/mol. The maximum absolute atomic E-state index is 12.8. The van der Waals surface area contributed by atoms with Gasteiger partial charge in [-0.05, 0) is 38.3 Å². The monoisotopic (exact) mass is 354 g/mol. The number of fused-ring (bicyclic) bond motifs is 1. The molecule has 0 saturated carbocycles. The van der Waals surface area contributed by atoms with Crippen LogP contribution >= 0.6 is 0 Å². The number of rotatable bonds is 5. The van der Waals surface area contributed by atoms with Gasteiger partial charge in [0.2, 0.25) is 0 Å². The Morgan fingerprint density at radius 1 is 1.23 bits per heavy atom. The third-order valence-corrected chi connectivity index (χ3v) is 3.61. The van der Waals surface area contributed by atoms with Crippen LogP contribution in [0, 0.1) is 0 Å². The van der Waals surface area contributed by atoms with Gasteiger partial charge in [-0.25, -0.2) is 9.97 Å². The lowest BCUT2D eigenvalue weighted by molar-refractivity contribution is 0.274. The highest BCUT2D eigenvalue weighted by atomic mass is 16.3. The normalized spacial score (nSPS) is 11.5. The van der Waals surface area contributed by atoms with E-state index in [1.165, 1.54) is 4.57 Å². The first-order chi connectivity index (χ1) is 12.4. The van der Waals surface area contributed by atoms with E-state index in [4.69, 9.17) is 5.11 Å². The van der Waals surface area contributed by atoms with Crippen molar-refractivity contribution in [3.05, 3.63) is 47.3 Å². The molecule has 8 nitrogen and oxygen atoms in total. The van der Waals surface area contributed by atoms with Crippen LogP contribution < -0.4 is 16.2 Å². The summed E-state index contributed by atoms with van der Waals surface area (Å²) < 4.78 is 1.48. The minimum atomic E-state index is -0.283. The number of aromatic nitrogens is 4. The second-order valence-electron chi connectivity index (χ2n) is 6.95. The van der Waals surface area contributed by atoms with E-state index >= 15 is 0 Å². The fourth-order valence-electron chi connectivity index (χ4n) is 2.59. The van der Waals surface area contributed by atoms with Gasteiger partial charge in [-0.2, -0.15) is 0 Å². The van der Waals surface area contributed by atoms with Gasteiger partial charge < -0.3 is 20.3 Å². The van der Waals surface area contributed by atoms with Crippen LogP contribution in [0.3, 0.4) is 0 Å². The number of nitrogens with zero attached hydrogens (tertiary/aromatic N) is 4. The number of nitrogens with one attached hydrogen (secondary N) is 2. The van der Waals surface area contributed by atoms with Gasteiger partial charge >= 0.3 is 0 Å². The molecule has 0 unspecified atom stereocenters. The van der Waals surface area contributed by atoms with Gasteiger partial charge in [0.15, 0.2) is 0 Å². The first-order valence-corrected chi connectivity index (χ1v) is 8.34. The molecular formula is C18H22N6O2. The van der Waals surface area contributed by atoms with E-state index in [1.54, 1.807) is 30.9 Å². The van der Waals surface area contributed by atoms with Crippen LogP contribution in [0.25, 0.3) is 10.8 Å². The summed E-state index contributed by atoms with van der Waals surface area (Å²) in [6, 6.07) is 3.63. The highest BCUT2D eigenvalue weighted by Gasteiger charge is 2.17. The van der Waals surface area contributed by atoms with Crippen LogP contribution in [0.4, 0.5) is 17.5 Å². The Bertz CT molecular complexity index is 963. The summed E-state index contributed by atoms with van der Waals surface area (Å²) in [7, 11) is 0. The third-order valence-electron chi connectivity index (χ3n) is 3.61. The molecule has 3 N–H and O–H groups in total. The van der Waals surface area contributed by atoms with E-state index in [-0.39, 0.29) is 24.2 Å². The summed E-state index contributed by atoms with van der Waals surface area (Å²) in [5.74, 6) is 1.61. The lowest BCUT2D eigenvalue weighted by Crippen LogP contribution is -2.29. The Balaban J connectivity index is 2.15. The van der Waals surface area contributed by atoms with Crippen molar-refractivity contribution < 1.29 is 5.11 Å². The molecule has 0 radical (unpaired) electrons. The molecule has 3 rings (SSSR count). The van der Waals surface area contributed by atoms with Crippen molar-refractivity contribution in [1.29, 1.82) is 0 Å². The zero-order chi connectivity index (χ0) is 18.7. The SMILES string of the molecule is CC(C)(C)Nc1nc(Nc2cnccn2)cc2ccn(CCO)c(=O)c12. The number of pyridine rings is 2. The first kappa shape index (κ1) is 17.8. The van der Waals surface area contributed by atoms with Crippen LogP contribution in [0.2, 0.25) is 0 Å². The smallest absolute Gasteiger partial charge is 0.262 e. The van der Waals surface area contributed by atoms with Gasteiger partial charge in [0.1, 0.15) is 17.5 Å². The lowest BCUT2D eigenvalue weighted by Gasteiger charge is -2.23. The van der Waals surface area contributed by atoms with E-state index in [0.29, 0.717) is 22.8 Å². The van der Waals surface area contributed by atoms with Crippen molar-refractivity contribution in [2.75, 3.05) is 17.2 Å².